The second kappa shape index (κ2) is 4.40. The van der Waals surface area contributed by atoms with E-state index >= 15 is 0 Å². The largest absolute Gasteiger partial charge is 0.331 e. The van der Waals surface area contributed by atoms with Crippen LogP contribution < -0.4 is 5.73 Å². The number of nitrogens with zero attached hydrogens (tertiary/aromatic N) is 4. The highest BCUT2D eigenvalue weighted by Crippen LogP contribution is 2.10. The fraction of sp³-hybridized carbons (Fsp3) is 0.364. The van der Waals surface area contributed by atoms with Crippen LogP contribution in [0.1, 0.15) is 12.5 Å². The van der Waals surface area contributed by atoms with E-state index in [9.17, 15) is 0 Å². The van der Waals surface area contributed by atoms with E-state index in [2.05, 4.69) is 15.0 Å². The Morgan fingerprint density at radius 3 is 2.50 bits per heavy atom. The lowest BCUT2D eigenvalue weighted by molar-refractivity contribution is 0.732. The van der Waals surface area contributed by atoms with Crippen molar-refractivity contribution in [3.05, 3.63) is 30.4 Å². The van der Waals surface area contributed by atoms with Gasteiger partial charge in [0, 0.05) is 37.9 Å². The number of aromatic nitrogens is 4. The number of nitrogens with two attached hydrogens (primary N) is 1. The summed E-state index contributed by atoms with van der Waals surface area (Å²) in [7, 11) is 1.92. The van der Waals surface area contributed by atoms with Gasteiger partial charge in [0.25, 0.3) is 0 Å². The molecule has 0 spiro atoms. The van der Waals surface area contributed by atoms with Crippen LogP contribution in [0.2, 0.25) is 0 Å². The predicted molar refractivity (Wildman–Crippen MR) is 61.6 cm³/mol. The molecule has 0 aliphatic carbocycles. The van der Waals surface area contributed by atoms with Gasteiger partial charge in [-0.3, -0.25) is 0 Å². The van der Waals surface area contributed by atoms with Crippen LogP contribution >= 0.6 is 0 Å². The van der Waals surface area contributed by atoms with Gasteiger partial charge in [-0.05, 0) is 18.9 Å². The Labute approximate surface area is 94.4 Å². The van der Waals surface area contributed by atoms with E-state index in [-0.39, 0.29) is 6.04 Å². The standard InChI is InChI=1S/C11H15N5/c1-8(12)5-9-6-14-10(15-7-9)11-13-3-4-16(11)2/h3-4,6-8H,5,12H2,1-2H3. The Morgan fingerprint density at radius 2 is 2.00 bits per heavy atom. The second-order valence-corrected chi connectivity index (χ2v) is 3.96. The van der Waals surface area contributed by atoms with Gasteiger partial charge in [-0.1, -0.05) is 0 Å². The lowest BCUT2D eigenvalue weighted by Gasteiger charge is -2.05. The van der Waals surface area contributed by atoms with Gasteiger partial charge < -0.3 is 10.3 Å². The maximum absolute atomic E-state index is 5.71. The number of hydrogen-bond donors (Lipinski definition) is 1. The third-order valence-electron chi connectivity index (χ3n) is 2.28. The summed E-state index contributed by atoms with van der Waals surface area (Å²) in [5.41, 5.74) is 6.76. The predicted octanol–water partition coefficient (Wildman–Crippen LogP) is 0.767. The van der Waals surface area contributed by atoms with Gasteiger partial charge in [-0.25, -0.2) is 15.0 Å². The van der Waals surface area contributed by atoms with Crippen LogP contribution in [0.3, 0.4) is 0 Å². The Hall–Kier alpha value is -1.75. The summed E-state index contributed by atoms with van der Waals surface area (Å²) in [6.07, 6.45) is 8.00. The van der Waals surface area contributed by atoms with Crippen molar-refractivity contribution in [3.63, 3.8) is 0 Å². The Kier molecular flexibility index (Phi) is 2.96. The maximum atomic E-state index is 5.71. The highest BCUT2D eigenvalue weighted by molar-refractivity contribution is 5.43. The van der Waals surface area contributed by atoms with Crippen LogP contribution in [0.4, 0.5) is 0 Å². The molecule has 16 heavy (non-hydrogen) atoms. The van der Waals surface area contributed by atoms with Crippen molar-refractivity contribution < 1.29 is 0 Å². The summed E-state index contributed by atoms with van der Waals surface area (Å²) in [5.74, 6) is 1.41. The van der Waals surface area contributed by atoms with Crippen molar-refractivity contribution >= 4 is 0 Å². The Morgan fingerprint density at radius 1 is 1.31 bits per heavy atom. The molecular formula is C11H15N5. The van der Waals surface area contributed by atoms with E-state index in [1.54, 1.807) is 18.6 Å². The van der Waals surface area contributed by atoms with Crippen LogP contribution in [0.5, 0.6) is 0 Å². The summed E-state index contributed by atoms with van der Waals surface area (Å²) in [6.45, 7) is 1.96. The van der Waals surface area contributed by atoms with Crippen molar-refractivity contribution in [1.82, 2.24) is 19.5 Å². The molecule has 1 unspecified atom stereocenters. The van der Waals surface area contributed by atoms with Crippen LogP contribution in [-0.4, -0.2) is 25.6 Å². The molecule has 0 aliphatic rings. The molecule has 0 bridgehead atoms. The van der Waals surface area contributed by atoms with Gasteiger partial charge in [0.1, 0.15) is 0 Å². The fourth-order valence-corrected chi connectivity index (χ4v) is 1.53. The molecule has 0 radical (unpaired) electrons. The van der Waals surface area contributed by atoms with Gasteiger partial charge in [-0.2, -0.15) is 0 Å². The molecule has 5 heteroatoms. The van der Waals surface area contributed by atoms with Crippen LogP contribution in [0, 0.1) is 0 Å². The zero-order chi connectivity index (χ0) is 11.5. The fourth-order valence-electron chi connectivity index (χ4n) is 1.53. The number of aryl methyl sites for hydroxylation is 1. The molecule has 0 saturated heterocycles. The molecule has 0 aromatic carbocycles. The highest BCUT2D eigenvalue weighted by Gasteiger charge is 2.06. The summed E-state index contributed by atoms with van der Waals surface area (Å²) >= 11 is 0. The lowest BCUT2D eigenvalue weighted by Crippen LogP contribution is -2.18. The van der Waals surface area contributed by atoms with Crippen molar-refractivity contribution in [2.24, 2.45) is 12.8 Å². The van der Waals surface area contributed by atoms with Crippen molar-refractivity contribution in [2.75, 3.05) is 0 Å². The van der Waals surface area contributed by atoms with E-state index in [0.717, 1.165) is 17.8 Å². The van der Waals surface area contributed by atoms with E-state index < -0.39 is 0 Å². The van der Waals surface area contributed by atoms with E-state index in [4.69, 9.17) is 5.73 Å². The number of hydrogen-bond acceptors (Lipinski definition) is 4. The van der Waals surface area contributed by atoms with Gasteiger partial charge in [-0.15, -0.1) is 0 Å². The average Bonchev–Trinajstić information content (AvgIpc) is 2.65. The molecule has 2 aromatic heterocycles. The van der Waals surface area contributed by atoms with Crippen LogP contribution in [0.15, 0.2) is 24.8 Å². The summed E-state index contributed by atoms with van der Waals surface area (Å²) in [4.78, 5) is 12.8. The Balaban J connectivity index is 2.23. The molecule has 0 amide bonds. The smallest absolute Gasteiger partial charge is 0.195 e. The molecule has 2 rings (SSSR count). The highest BCUT2D eigenvalue weighted by atomic mass is 15.1. The molecule has 0 fully saturated rings. The SMILES string of the molecule is CC(N)Cc1cnc(-c2nccn2C)nc1. The number of imidazole rings is 1. The number of rotatable bonds is 3. The quantitative estimate of drug-likeness (QED) is 0.824. The Bertz CT molecular complexity index is 457. The van der Waals surface area contributed by atoms with Crippen molar-refractivity contribution in [1.29, 1.82) is 0 Å². The normalized spacial score (nSPS) is 12.7. The van der Waals surface area contributed by atoms with E-state index in [1.165, 1.54) is 0 Å². The molecule has 1 atom stereocenters. The molecule has 2 heterocycles. The minimum absolute atomic E-state index is 0.127. The third-order valence-corrected chi connectivity index (χ3v) is 2.28. The van der Waals surface area contributed by atoms with Gasteiger partial charge >= 0.3 is 0 Å². The van der Waals surface area contributed by atoms with E-state index in [1.807, 2.05) is 24.7 Å². The van der Waals surface area contributed by atoms with Crippen LogP contribution in [-0.2, 0) is 13.5 Å². The minimum atomic E-state index is 0.127. The monoisotopic (exact) mass is 217 g/mol. The summed E-state index contributed by atoms with van der Waals surface area (Å²) in [5, 5.41) is 0. The second-order valence-electron chi connectivity index (χ2n) is 3.96. The molecule has 5 nitrogen and oxygen atoms in total. The topological polar surface area (TPSA) is 69.6 Å². The maximum Gasteiger partial charge on any atom is 0.195 e. The molecule has 2 N–H and O–H groups in total. The van der Waals surface area contributed by atoms with Crippen molar-refractivity contribution in [2.45, 2.75) is 19.4 Å². The summed E-state index contributed by atoms with van der Waals surface area (Å²) in [6, 6.07) is 0.127. The lowest BCUT2D eigenvalue weighted by atomic mass is 10.1. The first-order chi connectivity index (χ1) is 7.66. The average molecular weight is 217 g/mol. The zero-order valence-electron chi connectivity index (χ0n) is 9.46. The summed E-state index contributed by atoms with van der Waals surface area (Å²) < 4.78 is 1.89. The van der Waals surface area contributed by atoms with Gasteiger partial charge in [0.2, 0.25) is 0 Å². The molecule has 0 saturated carbocycles. The first-order valence-electron chi connectivity index (χ1n) is 5.21. The van der Waals surface area contributed by atoms with Gasteiger partial charge in [0.15, 0.2) is 11.6 Å². The first-order valence-corrected chi connectivity index (χ1v) is 5.21. The molecule has 84 valence electrons. The third kappa shape index (κ3) is 2.25. The van der Waals surface area contributed by atoms with Crippen molar-refractivity contribution in [3.8, 4) is 11.6 Å². The zero-order valence-corrected chi connectivity index (χ0v) is 9.46. The first kappa shape index (κ1) is 10.8. The molecular weight excluding hydrogens is 202 g/mol. The minimum Gasteiger partial charge on any atom is -0.331 e. The van der Waals surface area contributed by atoms with Gasteiger partial charge in [0.05, 0.1) is 0 Å². The van der Waals surface area contributed by atoms with E-state index in [0.29, 0.717) is 5.82 Å². The van der Waals surface area contributed by atoms with Crippen LogP contribution in [0.25, 0.3) is 11.6 Å². The molecule has 2 aromatic rings. The molecule has 0 aliphatic heterocycles.